The molecule has 0 aliphatic heterocycles. The minimum atomic E-state index is -1.08. The summed E-state index contributed by atoms with van der Waals surface area (Å²) in [6, 6.07) is 6.40. The van der Waals surface area contributed by atoms with Crippen LogP contribution in [0.5, 0.6) is 0 Å². The van der Waals surface area contributed by atoms with E-state index in [0.29, 0.717) is 11.2 Å². The van der Waals surface area contributed by atoms with Gasteiger partial charge in [-0.05, 0) is 30.7 Å². The zero-order chi connectivity index (χ0) is 12.4. The van der Waals surface area contributed by atoms with E-state index in [4.69, 9.17) is 0 Å². The van der Waals surface area contributed by atoms with Crippen LogP contribution in [0.4, 0.5) is 8.78 Å². The van der Waals surface area contributed by atoms with E-state index in [1.807, 2.05) is 13.0 Å². The van der Waals surface area contributed by atoms with Crippen molar-refractivity contribution < 1.29 is 13.6 Å². The molecule has 0 aliphatic rings. The second-order valence-electron chi connectivity index (χ2n) is 3.57. The van der Waals surface area contributed by atoms with Crippen LogP contribution >= 0.6 is 11.3 Å². The van der Waals surface area contributed by atoms with Crippen molar-refractivity contribution in [3.63, 3.8) is 0 Å². The van der Waals surface area contributed by atoms with Gasteiger partial charge in [-0.3, -0.25) is 4.79 Å². The maximum absolute atomic E-state index is 13.7. The number of carbonyl (C=O) groups is 1. The molecule has 0 bridgehead atoms. The SMILES string of the molecule is CCc1ccc(-c2ccc(C=O)c(F)c2F)s1. The molecule has 1 aromatic carbocycles. The van der Waals surface area contributed by atoms with Crippen LogP contribution in [0.1, 0.15) is 22.2 Å². The third-order valence-electron chi connectivity index (χ3n) is 2.51. The van der Waals surface area contributed by atoms with Gasteiger partial charge in [0.05, 0.1) is 5.56 Å². The van der Waals surface area contributed by atoms with Gasteiger partial charge in [0.1, 0.15) is 0 Å². The predicted molar refractivity (Wildman–Crippen MR) is 64.4 cm³/mol. The zero-order valence-corrected chi connectivity index (χ0v) is 9.98. The van der Waals surface area contributed by atoms with Crippen LogP contribution in [0, 0.1) is 11.6 Å². The van der Waals surface area contributed by atoms with Crippen LogP contribution in [0.25, 0.3) is 10.4 Å². The van der Waals surface area contributed by atoms with E-state index in [0.717, 1.165) is 11.3 Å². The number of aryl methyl sites for hydroxylation is 1. The summed E-state index contributed by atoms with van der Waals surface area (Å²) in [6.07, 6.45) is 1.18. The second-order valence-corrected chi connectivity index (χ2v) is 4.74. The van der Waals surface area contributed by atoms with E-state index in [2.05, 4.69) is 0 Å². The van der Waals surface area contributed by atoms with Gasteiger partial charge in [0.25, 0.3) is 0 Å². The monoisotopic (exact) mass is 252 g/mol. The van der Waals surface area contributed by atoms with Crippen molar-refractivity contribution in [3.8, 4) is 10.4 Å². The van der Waals surface area contributed by atoms with Crippen molar-refractivity contribution in [1.29, 1.82) is 0 Å². The number of hydrogen-bond acceptors (Lipinski definition) is 2. The summed E-state index contributed by atoms with van der Waals surface area (Å²) in [6.45, 7) is 2.00. The molecule has 1 aromatic heterocycles. The summed E-state index contributed by atoms with van der Waals surface area (Å²) in [5.74, 6) is -2.04. The average Bonchev–Trinajstić information content (AvgIpc) is 2.81. The number of carbonyl (C=O) groups excluding carboxylic acids is 1. The van der Waals surface area contributed by atoms with Gasteiger partial charge in [0.15, 0.2) is 17.9 Å². The summed E-state index contributed by atoms with van der Waals surface area (Å²) in [5, 5.41) is 0. The first kappa shape index (κ1) is 11.9. The fraction of sp³-hybridized carbons (Fsp3) is 0.154. The Morgan fingerprint density at radius 3 is 2.53 bits per heavy atom. The van der Waals surface area contributed by atoms with Crippen molar-refractivity contribution in [2.75, 3.05) is 0 Å². The topological polar surface area (TPSA) is 17.1 Å². The molecule has 0 amide bonds. The molecule has 2 aromatic rings. The number of halogens is 2. The van der Waals surface area contributed by atoms with Crippen LogP contribution in [-0.2, 0) is 6.42 Å². The molecule has 88 valence electrons. The molecule has 0 saturated carbocycles. The fourth-order valence-corrected chi connectivity index (χ4v) is 2.52. The summed E-state index contributed by atoms with van der Waals surface area (Å²) >= 11 is 1.43. The lowest BCUT2D eigenvalue weighted by molar-refractivity contribution is 0.111. The van der Waals surface area contributed by atoms with Crippen molar-refractivity contribution in [1.82, 2.24) is 0 Å². The van der Waals surface area contributed by atoms with Gasteiger partial charge in [-0.25, -0.2) is 8.78 Å². The highest BCUT2D eigenvalue weighted by molar-refractivity contribution is 7.15. The van der Waals surface area contributed by atoms with Gasteiger partial charge in [-0.1, -0.05) is 6.92 Å². The van der Waals surface area contributed by atoms with Crippen LogP contribution in [-0.4, -0.2) is 6.29 Å². The van der Waals surface area contributed by atoms with E-state index in [1.165, 1.54) is 23.5 Å². The van der Waals surface area contributed by atoms with Gasteiger partial charge in [-0.2, -0.15) is 0 Å². The van der Waals surface area contributed by atoms with Gasteiger partial charge < -0.3 is 0 Å². The smallest absolute Gasteiger partial charge is 0.169 e. The maximum atomic E-state index is 13.7. The lowest BCUT2D eigenvalue weighted by Gasteiger charge is -2.02. The van der Waals surface area contributed by atoms with Crippen molar-refractivity contribution in [2.45, 2.75) is 13.3 Å². The van der Waals surface area contributed by atoms with Crippen molar-refractivity contribution in [3.05, 3.63) is 46.3 Å². The van der Waals surface area contributed by atoms with Gasteiger partial charge in [0.2, 0.25) is 0 Å². The molecule has 1 nitrogen and oxygen atoms in total. The Morgan fingerprint density at radius 1 is 1.18 bits per heavy atom. The molecule has 0 radical (unpaired) electrons. The van der Waals surface area contributed by atoms with E-state index < -0.39 is 11.6 Å². The standard InChI is InChI=1S/C13H10F2OS/c1-2-9-4-6-11(17-9)10-5-3-8(7-16)12(14)13(10)15/h3-7H,2H2,1H3. The molecule has 0 unspecified atom stereocenters. The Labute approximate surface area is 102 Å². The first-order valence-electron chi connectivity index (χ1n) is 5.19. The fourth-order valence-electron chi connectivity index (χ4n) is 1.56. The van der Waals surface area contributed by atoms with Crippen molar-refractivity contribution in [2.24, 2.45) is 0 Å². The summed E-state index contributed by atoms with van der Waals surface area (Å²) < 4.78 is 27.2. The predicted octanol–water partition coefficient (Wildman–Crippen LogP) is 4.07. The summed E-state index contributed by atoms with van der Waals surface area (Å²) in [4.78, 5) is 12.3. The Hall–Kier alpha value is -1.55. The van der Waals surface area contributed by atoms with Gasteiger partial charge in [0, 0.05) is 15.3 Å². The lowest BCUT2D eigenvalue weighted by Crippen LogP contribution is -1.94. The van der Waals surface area contributed by atoms with E-state index >= 15 is 0 Å². The minimum absolute atomic E-state index is 0.206. The lowest BCUT2D eigenvalue weighted by atomic mass is 10.1. The molecular formula is C13H10F2OS. The first-order chi connectivity index (χ1) is 8.17. The van der Waals surface area contributed by atoms with Crippen molar-refractivity contribution >= 4 is 17.6 Å². The third-order valence-corrected chi connectivity index (χ3v) is 3.78. The minimum Gasteiger partial charge on any atom is -0.298 e. The largest absolute Gasteiger partial charge is 0.298 e. The molecule has 1 heterocycles. The van der Waals surface area contributed by atoms with E-state index in [1.54, 1.807) is 6.07 Å². The molecule has 0 atom stereocenters. The van der Waals surface area contributed by atoms with Crippen LogP contribution in [0.3, 0.4) is 0 Å². The Morgan fingerprint density at radius 2 is 1.94 bits per heavy atom. The number of rotatable bonds is 3. The number of thiophene rings is 1. The summed E-state index contributed by atoms with van der Waals surface area (Å²) in [5.41, 5.74) is -0.0451. The van der Waals surface area contributed by atoms with Crippen LogP contribution < -0.4 is 0 Å². The molecule has 0 spiro atoms. The number of benzene rings is 1. The van der Waals surface area contributed by atoms with Gasteiger partial charge >= 0.3 is 0 Å². The normalized spacial score (nSPS) is 10.5. The van der Waals surface area contributed by atoms with E-state index in [9.17, 15) is 13.6 Å². The Kier molecular flexibility index (Phi) is 3.33. The quantitative estimate of drug-likeness (QED) is 0.752. The molecule has 4 heteroatoms. The molecule has 0 saturated heterocycles. The highest BCUT2D eigenvalue weighted by Crippen LogP contribution is 2.31. The zero-order valence-electron chi connectivity index (χ0n) is 9.17. The average molecular weight is 252 g/mol. The van der Waals surface area contributed by atoms with Crippen LogP contribution in [0.2, 0.25) is 0 Å². The molecule has 0 fully saturated rings. The highest BCUT2D eigenvalue weighted by atomic mass is 32.1. The molecule has 0 aliphatic carbocycles. The number of aldehydes is 1. The molecule has 17 heavy (non-hydrogen) atoms. The summed E-state index contributed by atoms with van der Waals surface area (Å²) in [7, 11) is 0. The molecular weight excluding hydrogens is 242 g/mol. The Balaban J connectivity index is 2.53. The van der Waals surface area contributed by atoms with Crippen LogP contribution in [0.15, 0.2) is 24.3 Å². The van der Waals surface area contributed by atoms with E-state index in [-0.39, 0.29) is 11.1 Å². The molecule has 2 rings (SSSR count). The second kappa shape index (κ2) is 4.75. The maximum Gasteiger partial charge on any atom is 0.169 e. The highest BCUT2D eigenvalue weighted by Gasteiger charge is 2.15. The molecule has 0 N–H and O–H groups in total. The third kappa shape index (κ3) is 2.13. The van der Waals surface area contributed by atoms with Gasteiger partial charge in [-0.15, -0.1) is 11.3 Å². The Bertz CT molecular complexity index is 561. The first-order valence-corrected chi connectivity index (χ1v) is 6.01. The number of hydrogen-bond donors (Lipinski definition) is 0.